The van der Waals surface area contributed by atoms with E-state index in [1.54, 1.807) is 12.4 Å². The van der Waals surface area contributed by atoms with Gasteiger partial charge in [-0.15, -0.1) is 0 Å². The lowest BCUT2D eigenvalue weighted by molar-refractivity contribution is 0.751. The molecule has 0 aliphatic heterocycles. The predicted octanol–water partition coefficient (Wildman–Crippen LogP) is 0.859. The quantitative estimate of drug-likeness (QED) is 0.625. The van der Waals surface area contributed by atoms with Crippen LogP contribution >= 0.6 is 0 Å². The van der Waals surface area contributed by atoms with E-state index >= 15 is 0 Å². The van der Waals surface area contributed by atoms with E-state index in [2.05, 4.69) is 10.1 Å². The molecule has 0 spiro atoms. The summed E-state index contributed by atoms with van der Waals surface area (Å²) in [6.45, 7) is 1.99. The van der Waals surface area contributed by atoms with Gasteiger partial charge in [0.05, 0.1) is 18.1 Å². The first-order valence-electron chi connectivity index (χ1n) is 3.73. The highest BCUT2D eigenvalue weighted by Gasteiger charge is 2.06. The van der Waals surface area contributed by atoms with E-state index in [1.807, 2.05) is 18.7 Å². The van der Waals surface area contributed by atoms with Crippen LogP contribution in [0.5, 0.6) is 0 Å². The molecule has 4 nitrogen and oxygen atoms in total. The fourth-order valence-electron chi connectivity index (χ4n) is 1.33. The molecule has 62 valence electrons. The fourth-order valence-corrected chi connectivity index (χ4v) is 1.33. The lowest BCUT2D eigenvalue weighted by Crippen LogP contribution is -1.92. The topological polar surface area (TPSA) is 56.7 Å². The zero-order valence-corrected chi connectivity index (χ0v) is 7.07. The molecule has 0 saturated carbocycles. The Morgan fingerprint density at radius 2 is 2.17 bits per heavy atom. The molecule has 12 heavy (non-hydrogen) atoms. The molecule has 0 unspecified atom stereocenters. The van der Waals surface area contributed by atoms with Crippen LogP contribution in [0.1, 0.15) is 5.69 Å². The third kappa shape index (κ3) is 0.777. The van der Waals surface area contributed by atoms with Gasteiger partial charge in [0.2, 0.25) is 0 Å². The Morgan fingerprint density at radius 1 is 1.42 bits per heavy atom. The van der Waals surface area contributed by atoms with E-state index in [4.69, 9.17) is 5.73 Å². The summed E-state index contributed by atoms with van der Waals surface area (Å²) in [6, 6.07) is 0. The third-order valence-corrected chi connectivity index (χ3v) is 2.06. The van der Waals surface area contributed by atoms with Crippen molar-refractivity contribution in [2.45, 2.75) is 6.92 Å². The number of anilines is 1. The maximum absolute atomic E-state index is 5.75. The van der Waals surface area contributed by atoms with Crippen molar-refractivity contribution >= 4 is 16.6 Å². The van der Waals surface area contributed by atoms with E-state index in [1.165, 1.54) is 0 Å². The van der Waals surface area contributed by atoms with Crippen molar-refractivity contribution in [3.8, 4) is 0 Å². The number of aromatic nitrogens is 3. The van der Waals surface area contributed by atoms with Gasteiger partial charge in [-0.1, -0.05) is 0 Å². The van der Waals surface area contributed by atoms with Crippen molar-refractivity contribution in [2.75, 3.05) is 5.73 Å². The average molecular weight is 162 g/mol. The summed E-state index contributed by atoms with van der Waals surface area (Å²) >= 11 is 0. The number of nitrogens with zero attached hydrogens (tertiary/aromatic N) is 3. The van der Waals surface area contributed by atoms with Crippen LogP contribution in [0, 0.1) is 6.92 Å². The molecule has 2 aromatic rings. The molecule has 0 fully saturated rings. The maximum atomic E-state index is 5.75. The molecular formula is C8H10N4. The SMILES string of the molecule is Cc1c2c(N)cncc2nn1C. The minimum Gasteiger partial charge on any atom is -0.397 e. The van der Waals surface area contributed by atoms with Gasteiger partial charge in [-0.25, -0.2) is 0 Å². The summed E-state index contributed by atoms with van der Waals surface area (Å²) in [5.41, 5.74) is 8.38. The van der Waals surface area contributed by atoms with Gasteiger partial charge in [-0.2, -0.15) is 5.10 Å². The van der Waals surface area contributed by atoms with E-state index in [0.717, 1.165) is 16.6 Å². The molecular weight excluding hydrogens is 152 g/mol. The first kappa shape index (κ1) is 7.09. The van der Waals surface area contributed by atoms with Gasteiger partial charge in [0.1, 0.15) is 5.52 Å². The molecule has 0 aliphatic carbocycles. The summed E-state index contributed by atoms with van der Waals surface area (Å²) in [5.74, 6) is 0. The highest BCUT2D eigenvalue weighted by Crippen LogP contribution is 2.21. The summed E-state index contributed by atoms with van der Waals surface area (Å²) in [6.07, 6.45) is 3.37. The zero-order chi connectivity index (χ0) is 8.72. The van der Waals surface area contributed by atoms with Crippen molar-refractivity contribution in [3.05, 3.63) is 18.1 Å². The van der Waals surface area contributed by atoms with Gasteiger partial charge >= 0.3 is 0 Å². The molecule has 0 atom stereocenters. The normalized spacial score (nSPS) is 10.8. The molecule has 0 aromatic carbocycles. The number of nitrogen functional groups attached to an aromatic ring is 1. The fraction of sp³-hybridized carbons (Fsp3) is 0.250. The Bertz CT molecular complexity index is 430. The Hall–Kier alpha value is -1.58. The van der Waals surface area contributed by atoms with Crippen molar-refractivity contribution in [1.29, 1.82) is 0 Å². The van der Waals surface area contributed by atoms with Gasteiger partial charge in [0.25, 0.3) is 0 Å². The number of aryl methyl sites for hydroxylation is 2. The van der Waals surface area contributed by atoms with Crippen LogP contribution < -0.4 is 5.73 Å². The zero-order valence-electron chi connectivity index (χ0n) is 7.07. The average Bonchev–Trinajstić information content (AvgIpc) is 2.29. The van der Waals surface area contributed by atoms with Crippen LogP contribution in [-0.2, 0) is 7.05 Å². The van der Waals surface area contributed by atoms with E-state index in [-0.39, 0.29) is 0 Å². The summed E-state index contributed by atoms with van der Waals surface area (Å²) in [4.78, 5) is 3.97. The number of pyridine rings is 1. The molecule has 0 radical (unpaired) electrons. The van der Waals surface area contributed by atoms with Crippen molar-refractivity contribution in [3.63, 3.8) is 0 Å². The molecule has 0 bridgehead atoms. The molecule has 2 aromatic heterocycles. The van der Waals surface area contributed by atoms with Crippen LogP contribution in [0.3, 0.4) is 0 Å². The number of nitrogens with two attached hydrogens (primary N) is 1. The largest absolute Gasteiger partial charge is 0.397 e. The highest BCUT2D eigenvalue weighted by atomic mass is 15.3. The van der Waals surface area contributed by atoms with Gasteiger partial charge in [0, 0.05) is 18.1 Å². The molecule has 2 rings (SSSR count). The molecule has 0 amide bonds. The second kappa shape index (κ2) is 2.20. The smallest absolute Gasteiger partial charge is 0.113 e. The van der Waals surface area contributed by atoms with Crippen molar-refractivity contribution < 1.29 is 0 Å². The minimum atomic E-state index is 0.693. The van der Waals surface area contributed by atoms with Crippen molar-refractivity contribution in [2.24, 2.45) is 7.05 Å². The molecule has 0 aliphatic rings. The second-order valence-electron chi connectivity index (χ2n) is 2.83. The van der Waals surface area contributed by atoms with Gasteiger partial charge in [0.15, 0.2) is 0 Å². The Labute approximate surface area is 70.0 Å². The van der Waals surface area contributed by atoms with Crippen LogP contribution in [0.4, 0.5) is 5.69 Å². The van der Waals surface area contributed by atoms with Crippen LogP contribution in [0.15, 0.2) is 12.4 Å². The van der Waals surface area contributed by atoms with E-state index in [0.29, 0.717) is 5.69 Å². The van der Waals surface area contributed by atoms with E-state index in [9.17, 15) is 0 Å². The first-order valence-corrected chi connectivity index (χ1v) is 3.73. The summed E-state index contributed by atoms with van der Waals surface area (Å²) in [5, 5.41) is 5.25. The lowest BCUT2D eigenvalue weighted by atomic mass is 10.2. The maximum Gasteiger partial charge on any atom is 0.113 e. The number of hydrogen-bond acceptors (Lipinski definition) is 3. The second-order valence-corrected chi connectivity index (χ2v) is 2.83. The van der Waals surface area contributed by atoms with Crippen LogP contribution in [0.25, 0.3) is 10.9 Å². The lowest BCUT2D eigenvalue weighted by Gasteiger charge is -1.94. The summed E-state index contributed by atoms with van der Waals surface area (Å²) in [7, 11) is 1.90. The van der Waals surface area contributed by atoms with Gasteiger partial charge in [-0.05, 0) is 6.92 Å². The van der Waals surface area contributed by atoms with Crippen molar-refractivity contribution in [1.82, 2.24) is 14.8 Å². The van der Waals surface area contributed by atoms with Crippen LogP contribution in [0.2, 0.25) is 0 Å². The monoisotopic (exact) mass is 162 g/mol. The van der Waals surface area contributed by atoms with Gasteiger partial charge < -0.3 is 5.73 Å². The third-order valence-electron chi connectivity index (χ3n) is 2.06. The number of rotatable bonds is 0. The minimum absolute atomic E-state index is 0.693. The molecule has 0 saturated heterocycles. The first-order chi connectivity index (χ1) is 5.70. The van der Waals surface area contributed by atoms with Gasteiger partial charge in [-0.3, -0.25) is 9.67 Å². The Morgan fingerprint density at radius 3 is 2.83 bits per heavy atom. The number of hydrogen-bond donors (Lipinski definition) is 1. The number of fused-ring (bicyclic) bond motifs is 1. The Kier molecular flexibility index (Phi) is 1.30. The highest BCUT2D eigenvalue weighted by molar-refractivity contribution is 5.91. The molecule has 2 heterocycles. The standard InChI is InChI=1S/C8H10N4/c1-5-8-6(9)3-10-4-7(8)11-12(5)2/h3-4H,9H2,1-2H3. The van der Waals surface area contributed by atoms with Crippen LogP contribution in [-0.4, -0.2) is 14.8 Å². The predicted molar refractivity (Wildman–Crippen MR) is 47.7 cm³/mol. The molecule has 4 heteroatoms. The molecule has 2 N–H and O–H groups in total. The van der Waals surface area contributed by atoms with E-state index < -0.39 is 0 Å². The Balaban J connectivity index is 2.97. The summed E-state index contributed by atoms with van der Waals surface area (Å²) < 4.78 is 1.81.